The number of aromatic nitrogens is 2. The fraction of sp³-hybridized carbons (Fsp3) is 0.700. The Labute approximate surface area is 96.0 Å². The average Bonchev–Trinajstić information content (AvgIpc) is 2.45. The van der Waals surface area contributed by atoms with E-state index in [-0.39, 0.29) is 11.6 Å². The molecule has 0 bridgehead atoms. The first-order chi connectivity index (χ1) is 6.78. The normalized spacial score (nSPS) is 14.7. The minimum absolute atomic E-state index is 0.169. The largest absolute Gasteiger partial charge is 0.321 e. The molecule has 0 saturated carbocycles. The Kier molecular flexibility index (Phi) is 3.43. The van der Waals surface area contributed by atoms with Gasteiger partial charge in [0.15, 0.2) is 0 Å². The molecule has 2 N–H and O–H groups in total. The van der Waals surface area contributed by atoms with Crippen molar-refractivity contribution in [2.45, 2.75) is 25.4 Å². The maximum absolute atomic E-state index is 6.23. The Balaban J connectivity index is 3.09. The van der Waals surface area contributed by atoms with Crippen LogP contribution in [0.2, 0.25) is 5.02 Å². The van der Waals surface area contributed by atoms with Crippen molar-refractivity contribution in [1.29, 1.82) is 0 Å². The summed E-state index contributed by atoms with van der Waals surface area (Å²) in [5.74, 6) is 0. The Morgan fingerprint density at radius 3 is 2.40 bits per heavy atom. The molecule has 1 atom stereocenters. The number of likely N-dealkylation sites (N-methyl/N-ethyl adjacent to an activating group) is 1. The molecule has 0 saturated heterocycles. The van der Waals surface area contributed by atoms with E-state index in [1.165, 1.54) is 0 Å². The van der Waals surface area contributed by atoms with Gasteiger partial charge in [0.2, 0.25) is 0 Å². The first-order valence-corrected chi connectivity index (χ1v) is 5.26. The SMILES string of the molecule is CN(C)C(C)(C)C(N)c1c(Cl)cnn1C. The summed E-state index contributed by atoms with van der Waals surface area (Å²) in [5.41, 5.74) is 6.93. The number of hydrogen-bond donors (Lipinski definition) is 1. The molecule has 0 aliphatic heterocycles. The van der Waals surface area contributed by atoms with Gasteiger partial charge in [-0.3, -0.25) is 4.68 Å². The fourth-order valence-electron chi connectivity index (χ4n) is 1.38. The molecule has 0 aliphatic carbocycles. The van der Waals surface area contributed by atoms with E-state index in [2.05, 4.69) is 23.8 Å². The van der Waals surface area contributed by atoms with Crippen LogP contribution in [0.15, 0.2) is 6.20 Å². The topological polar surface area (TPSA) is 47.1 Å². The first-order valence-electron chi connectivity index (χ1n) is 4.89. The van der Waals surface area contributed by atoms with Crippen molar-refractivity contribution in [3.63, 3.8) is 0 Å². The van der Waals surface area contributed by atoms with Crippen LogP contribution in [0.25, 0.3) is 0 Å². The molecule has 1 rings (SSSR count). The Morgan fingerprint density at radius 1 is 1.53 bits per heavy atom. The summed E-state index contributed by atoms with van der Waals surface area (Å²) in [4.78, 5) is 2.08. The number of rotatable bonds is 3. The Bertz CT molecular complexity index is 324. The zero-order chi connectivity index (χ0) is 11.8. The highest BCUT2D eigenvalue weighted by Crippen LogP contribution is 2.30. The van der Waals surface area contributed by atoms with Crippen molar-refractivity contribution in [3.05, 3.63) is 16.9 Å². The van der Waals surface area contributed by atoms with Crippen molar-refractivity contribution in [2.24, 2.45) is 12.8 Å². The molecule has 0 radical (unpaired) electrons. The predicted octanol–water partition coefficient (Wildman–Crippen LogP) is 1.41. The number of nitrogens with zero attached hydrogens (tertiary/aromatic N) is 3. The van der Waals surface area contributed by atoms with Crippen molar-refractivity contribution in [2.75, 3.05) is 14.1 Å². The van der Waals surface area contributed by atoms with Crippen LogP contribution in [0.4, 0.5) is 0 Å². The third kappa shape index (κ3) is 2.17. The number of hydrogen-bond acceptors (Lipinski definition) is 3. The number of nitrogens with two attached hydrogens (primary N) is 1. The van der Waals surface area contributed by atoms with Crippen LogP contribution >= 0.6 is 11.6 Å². The average molecular weight is 231 g/mol. The monoisotopic (exact) mass is 230 g/mol. The van der Waals surface area contributed by atoms with E-state index >= 15 is 0 Å². The van der Waals surface area contributed by atoms with Gasteiger partial charge in [0.05, 0.1) is 23.0 Å². The summed E-state index contributed by atoms with van der Waals surface area (Å²) >= 11 is 6.07. The van der Waals surface area contributed by atoms with E-state index in [9.17, 15) is 0 Å². The standard InChI is InChI=1S/C10H19ClN4/c1-10(2,14(3)4)9(12)8-7(11)6-13-15(8)5/h6,9H,12H2,1-5H3. The predicted molar refractivity (Wildman–Crippen MR) is 62.9 cm³/mol. The van der Waals surface area contributed by atoms with Gasteiger partial charge in [-0.05, 0) is 27.9 Å². The molecule has 15 heavy (non-hydrogen) atoms. The second kappa shape index (κ2) is 4.12. The highest BCUT2D eigenvalue weighted by Gasteiger charge is 2.33. The number of halogens is 1. The summed E-state index contributed by atoms with van der Waals surface area (Å²) in [6, 6.07) is -0.174. The van der Waals surface area contributed by atoms with Gasteiger partial charge >= 0.3 is 0 Å². The van der Waals surface area contributed by atoms with E-state index in [0.717, 1.165) is 5.69 Å². The highest BCUT2D eigenvalue weighted by atomic mass is 35.5. The van der Waals surface area contributed by atoms with E-state index in [0.29, 0.717) is 5.02 Å². The lowest BCUT2D eigenvalue weighted by Gasteiger charge is -2.38. The third-order valence-electron chi connectivity index (χ3n) is 3.15. The molecule has 86 valence electrons. The van der Waals surface area contributed by atoms with Gasteiger partial charge in [-0.1, -0.05) is 11.6 Å². The molecular weight excluding hydrogens is 212 g/mol. The minimum atomic E-state index is -0.174. The Morgan fingerprint density at radius 2 is 2.07 bits per heavy atom. The zero-order valence-corrected chi connectivity index (χ0v) is 10.7. The lowest BCUT2D eigenvalue weighted by Crippen LogP contribution is -2.48. The van der Waals surface area contributed by atoms with E-state index in [4.69, 9.17) is 17.3 Å². The summed E-state index contributed by atoms with van der Waals surface area (Å²) < 4.78 is 1.73. The molecule has 0 aromatic carbocycles. The third-order valence-corrected chi connectivity index (χ3v) is 3.44. The van der Waals surface area contributed by atoms with Crippen LogP contribution < -0.4 is 5.73 Å². The van der Waals surface area contributed by atoms with E-state index < -0.39 is 0 Å². The van der Waals surface area contributed by atoms with Crippen LogP contribution in [0.3, 0.4) is 0 Å². The van der Waals surface area contributed by atoms with Crippen molar-refractivity contribution in [1.82, 2.24) is 14.7 Å². The smallest absolute Gasteiger partial charge is 0.0834 e. The van der Waals surface area contributed by atoms with Gasteiger partial charge < -0.3 is 10.6 Å². The molecular formula is C10H19ClN4. The molecule has 0 aliphatic rings. The van der Waals surface area contributed by atoms with Gasteiger partial charge in [0, 0.05) is 12.6 Å². The molecule has 4 nitrogen and oxygen atoms in total. The maximum atomic E-state index is 6.23. The van der Waals surface area contributed by atoms with Crippen LogP contribution in [-0.2, 0) is 7.05 Å². The molecule has 1 unspecified atom stereocenters. The molecule has 0 amide bonds. The molecule has 1 aromatic rings. The first kappa shape index (κ1) is 12.5. The number of aryl methyl sites for hydroxylation is 1. The van der Waals surface area contributed by atoms with Crippen LogP contribution in [0, 0.1) is 0 Å². The quantitative estimate of drug-likeness (QED) is 0.854. The fourth-order valence-corrected chi connectivity index (χ4v) is 1.67. The van der Waals surface area contributed by atoms with Gasteiger partial charge in [-0.25, -0.2) is 0 Å². The van der Waals surface area contributed by atoms with E-state index in [1.807, 2.05) is 21.1 Å². The van der Waals surface area contributed by atoms with Crippen LogP contribution in [0.1, 0.15) is 25.6 Å². The summed E-state index contributed by atoms with van der Waals surface area (Å²) in [6.45, 7) is 4.17. The van der Waals surface area contributed by atoms with Gasteiger partial charge in [0.25, 0.3) is 0 Å². The lowest BCUT2D eigenvalue weighted by molar-refractivity contribution is 0.155. The van der Waals surface area contributed by atoms with E-state index in [1.54, 1.807) is 10.9 Å². The van der Waals surface area contributed by atoms with Gasteiger partial charge in [-0.2, -0.15) is 5.10 Å². The van der Waals surface area contributed by atoms with Crippen LogP contribution in [-0.4, -0.2) is 34.3 Å². The minimum Gasteiger partial charge on any atom is -0.321 e. The highest BCUT2D eigenvalue weighted by molar-refractivity contribution is 6.31. The molecule has 0 spiro atoms. The molecule has 0 fully saturated rings. The van der Waals surface area contributed by atoms with Gasteiger partial charge in [-0.15, -0.1) is 0 Å². The van der Waals surface area contributed by atoms with Crippen LogP contribution in [0.5, 0.6) is 0 Å². The van der Waals surface area contributed by atoms with Crippen molar-refractivity contribution < 1.29 is 0 Å². The maximum Gasteiger partial charge on any atom is 0.0834 e. The summed E-state index contributed by atoms with van der Waals surface area (Å²) in [6.07, 6.45) is 1.63. The van der Waals surface area contributed by atoms with Crippen molar-refractivity contribution >= 4 is 11.6 Å². The zero-order valence-electron chi connectivity index (χ0n) is 9.95. The Hall–Kier alpha value is -0.580. The van der Waals surface area contributed by atoms with Gasteiger partial charge in [0.1, 0.15) is 0 Å². The molecule has 1 heterocycles. The second-order valence-electron chi connectivity index (χ2n) is 4.53. The molecule has 1 aromatic heterocycles. The second-order valence-corrected chi connectivity index (χ2v) is 4.93. The molecule has 5 heteroatoms. The van der Waals surface area contributed by atoms with Crippen molar-refractivity contribution in [3.8, 4) is 0 Å². The summed E-state index contributed by atoms with van der Waals surface area (Å²) in [7, 11) is 5.86. The summed E-state index contributed by atoms with van der Waals surface area (Å²) in [5, 5.41) is 4.72. The lowest BCUT2D eigenvalue weighted by atomic mass is 9.91.